The number of imide groups is 2. The summed E-state index contributed by atoms with van der Waals surface area (Å²) >= 11 is 0. The number of nitrogens with one attached hydrogen (secondary N) is 2. The van der Waals surface area contributed by atoms with Crippen molar-refractivity contribution in [3.63, 3.8) is 0 Å². The molecule has 10 aromatic rings. The van der Waals surface area contributed by atoms with E-state index in [4.69, 9.17) is 13.3 Å². The highest BCUT2D eigenvalue weighted by atomic mass is 28.4. The Morgan fingerprint density at radius 1 is 0.519 bits per heavy atom. The molecule has 0 radical (unpaired) electrons. The topological polar surface area (TPSA) is 209 Å². The molecule has 79 heavy (non-hydrogen) atoms. The molecule has 2 aliphatic heterocycles. The summed E-state index contributed by atoms with van der Waals surface area (Å²) in [5, 5.41) is 17.9. The van der Waals surface area contributed by atoms with E-state index in [0.29, 0.717) is 61.1 Å². The summed E-state index contributed by atoms with van der Waals surface area (Å²) in [6, 6.07) is 47.3. The Hall–Kier alpha value is -9.42. The van der Waals surface area contributed by atoms with E-state index >= 15 is 0 Å². The van der Waals surface area contributed by atoms with Crippen LogP contribution in [0.1, 0.15) is 56.3 Å². The number of rotatable bonds is 16. The van der Waals surface area contributed by atoms with Crippen LogP contribution in [0.25, 0.3) is 67.3 Å². The predicted molar refractivity (Wildman–Crippen MR) is 303 cm³/mol. The average molecular weight is 1070 g/mol. The molecule has 0 saturated heterocycles. The van der Waals surface area contributed by atoms with Gasteiger partial charge in [0.15, 0.2) is 11.5 Å². The van der Waals surface area contributed by atoms with Gasteiger partial charge in [-0.1, -0.05) is 118 Å². The number of aromatic nitrogens is 6. The molecule has 16 nitrogen and oxygen atoms in total. The fraction of sp³-hybridized carbons (Fsp3) is 0.161. The molecule has 0 atom stereocenters. The molecule has 6 aromatic heterocycles. The monoisotopic (exact) mass is 1070 g/mol. The molecule has 0 spiro atoms. The van der Waals surface area contributed by atoms with Gasteiger partial charge in [-0.2, -0.15) is 0 Å². The van der Waals surface area contributed by atoms with Crippen LogP contribution in [-0.2, 0) is 36.7 Å². The lowest BCUT2D eigenvalue weighted by atomic mass is 10.0. The van der Waals surface area contributed by atoms with Crippen molar-refractivity contribution in [1.29, 1.82) is 0 Å². The largest absolute Gasteiger partial charge is 0.436 e. The smallest absolute Gasteiger partial charge is 0.262 e. The molecular weight excluding hydrogens is 1010 g/mol. The average Bonchev–Trinajstić information content (AvgIpc) is 4.57. The molecule has 4 aromatic carbocycles. The number of oxazole rings is 2. The summed E-state index contributed by atoms with van der Waals surface area (Å²) in [6.07, 6.45) is 11.3. The van der Waals surface area contributed by atoms with Gasteiger partial charge >= 0.3 is 0 Å². The lowest BCUT2D eigenvalue weighted by Gasteiger charge is -2.43. The van der Waals surface area contributed by atoms with Crippen LogP contribution in [0.15, 0.2) is 192 Å². The maximum atomic E-state index is 13.3. The van der Waals surface area contributed by atoms with Crippen molar-refractivity contribution in [2.45, 2.75) is 51.7 Å². The van der Waals surface area contributed by atoms with Crippen molar-refractivity contribution in [3.05, 3.63) is 205 Å². The summed E-state index contributed by atoms with van der Waals surface area (Å²) in [5.74, 6) is -0.845. The van der Waals surface area contributed by atoms with Gasteiger partial charge in [-0.25, -0.2) is 19.9 Å². The lowest BCUT2D eigenvalue weighted by Crippen LogP contribution is -2.66. The van der Waals surface area contributed by atoms with Crippen LogP contribution < -0.4 is 21.0 Å². The van der Waals surface area contributed by atoms with Crippen molar-refractivity contribution in [3.8, 4) is 22.9 Å². The van der Waals surface area contributed by atoms with E-state index in [1.807, 2.05) is 106 Å². The SMILES string of the molecule is CC(C)(C)[Si](OCCCn1cc(C2=C(c3cnc(-c4ccccc4)o3)C(=O)NC2=O)c2cccnc21)(c1ccccc1)c1ccccc1.O=C1NC(=O)C(c2cn(CCCO)c3ncccc23)=C1c1cnc(-c2ccccc2)o1. The van der Waals surface area contributed by atoms with Crippen molar-refractivity contribution < 1.29 is 37.5 Å². The van der Waals surface area contributed by atoms with Gasteiger partial charge in [-0.15, -0.1) is 0 Å². The Morgan fingerprint density at radius 3 is 1.34 bits per heavy atom. The maximum absolute atomic E-state index is 13.3. The molecule has 8 heterocycles. The first-order valence-corrected chi connectivity index (χ1v) is 27.8. The quantitative estimate of drug-likeness (QED) is 0.0471. The summed E-state index contributed by atoms with van der Waals surface area (Å²) < 4.78 is 22.9. The third kappa shape index (κ3) is 9.86. The number of hydrogen-bond acceptors (Lipinski definition) is 12. The van der Waals surface area contributed by atoms with Gasteiger partial charge in [0.1, 0.15) is 11.3 Å². The van der Waals surface area contributed by atoms with E-state index in [2.05, 4.69) is 99.9 Å². The first-order valence-electron chi connectivity index (χ1n) is 25.9. The third-order valence-electron chi connectivity index (χ3n) is 14.1. The van der Waals surface area contributed by atoms with Gasteiger partial charge in [-0.05, 0) is 76.8 Å². The van der Waals surface area contributed by atoms with Crippen molar-refractivity contribution in [2.75, 3.05) is 13.2 Å². The second-order valence-corrected chi connectivity index (χ2v) is 24.3. The second-order valence-electron chi connectivity index (χ2n) is 20.0. The molecule has 2 aliphatic rings. The van der Waals surface area contributed by atoms with Crippen molar-refractivity contribution >= 4 is 86.7 Å². The molecule has 12 rings (SSSR count). The summed E-state index contributed by atoms with van der Waals surface area (Å²) in [6.45, 7) is 8.51. The molecule has 0 aliphatic carbocycles. The van der Waals surface area contributed by atoms with E-state index in [1.54, 1.807) is 24.7 Å². The van der Waals surface area contributed by atoms with E-state index < -0.39 is 31.9 Å². The van der Waals surface area contributed by atoms with Crippen molar-refractivity contribution in [2.24, 2.45) is 0 Å². The molecule has 0 bridgehead atoms. The van der Waals surface area contributed by atoms with Crippen LogP contribution in [-0.4, -0.2) is 79.3 Å². The number of hydrogen-bond donors (Lipinski definition) is 3. The molecule has 394 valence electrons. The zero-order valence-electron chi connectivity index (χ0n) is 43.6. The Bertz CT molecular complexity index is 3930. The van der Waals surface area contributed by atoms with Crippen LogP contribution in [0.4, 0.5) is 0 Å². The van der Waals surface area contributed by atoms with Gasteiger partial charge in [0.05, 0.1) is 34.7 Å². The van der Waals surface area contributed by atoms with Gasteiger partial charge in [0, 0.05) is 84.1 Å². The zero-order chi connectivity index (χ0) is 54.7. The Kier molecular flexibility index (Phi) is 14.3. The Balaban J connectivity index is 0.000000183. The number of aliphatic hydroxyl groups excluding tert-OH is 1. The van der Waals surface area contributed by atoms with E-state index in [0.717, 1.165) is 27.5 Å². The number of aliphatic hydroxyl groups is 1. The normalized spacial score (nSPS) is 13.9. The number of nitrogens with zero attached hydrogens (tertiary/aromatic N) is 6. The van der Waals surface area contributed by atoms with Crippen LogP contribution in [0.3, 0.4) is 0 Å². The highest BCUT2D eigenvalue weighted by Gasteiger charge is 2.50. The van der Waals surface area contributed by atoms with E-state index in [-0.39, 0.29) is 45.5 Å². The molecule has 4 amide bonds. The molecule has 0 saturated carbocycles. The number of aryl methyl sites for hydroxylation is 2. The second kappa shape index (κ2) is 21.9. The van der Waals surface area contributed by atoms with Crippen molar-refractivity contribution in [1.82, 2.24) is 39.7 Å². The van der Waals surface area contributed by atoms with Crippen LogP contribution >= 0.6 is 0 Å². The van der Waals surface area contributed by atoms with Gasteiger partial charge in [0.2, 0.25) is 11.8 Å². The summed E-state index contributed by atoms with van der Waals surface area (Å²) in [5.41, 5.74) is 4.91. The minimum Gasteiger partial charge on any atom is -0.436 e. The predicted octanol–water partition coefficient (Wildman–Crippen LogP) is 8.87. The zero-order valence-corrected chi connectivity index (χ0v) is 44.6. The van der Waals surface area contributed by atoms with Gasteiger partial charge < -0.3 is 27.5 Å². The highest BCUT2D eigenvalue weighted by molar-refractivity contribution is 6.99. The van der Waals surface area contributed by atoms with E-state index in [9.17, 15) is 24.3 Å². The number of pyridine rings is 2. The molecular formula is C62H54N8O8Si. The van der Waals surface area contributed by atoms with Gasteiger partial charge in [-0.3, -0.25) is 29.8 Å². The lowest BCUT2D eigenvalue weighted by molar-refractivity contribution is -0.124. The van der Waals surface area contributed by atoms with Crippen LogP contribution in [0, 0.1) is 0 Å². The Labute approximate surface area is 455 Å². The molecule has 0 unspecified atom stereocenters. The fourth-order valence-electron chi connectivity index (χ4n) is 10.5. The maximum Gasteiger partial charge on any atom is 0.262 e. The Morgan fingerprint density at radius 2 is 0.924 bits per heavy atom. The molecule has 0 fully saturated rings. The first kappa shape index (κ1) is 51.7. The number of benzene rings is 4. The minimum absolute atomic E-state index is 0.0368. The minimum atomic E-state index is -2.68. The number of amides is 4. The van der Waals surface area contributed by atoms with E-state index in [1.165, 1.54) is 22.8 Å². The fourth-order valence-corrected chi connectivity index (χ4v) is 15.2. The van der Waals surface area contributed by atoms with Gasteiger partial charge in [0.25, 0.3) is 31.9 Å². The summed E-state index contributed by atoms with van der Waals surface area (Å²) in [4.78, 5) is 69.8. The number of carbonyl (C=O) groups excluding carboxylic acids is 4. The third-order valence-corrected chi connectivity index (χ3v) is 19.1. The number of carbonyl (C=O) groups is 4. The first-order chi connectivity index (χ1) is 38.4. The number of fused-ring (bicyclic) bond motifs is 2. The highest BCUT2D eigenvalue weighted by Crippen LogP contribution is 2.40. The standard InChI is InChI=1S/C39H36N4O4Si.C23H18N4O4/c1-39(2,3)48(28-17-9-5-10-18-28,29-19-11-6-12-20-29)46-24-14-23-43-26-31(30-21-13-22-40-35(30)43)33-34(37(45)42-36(33)44)32-25-41-38(47-32)27-15-7-4-8-16-27;28-11-5-10-27-13-16(15-8-4-9-24-20(15)27)18-19(22(30)26-21(18)29)17-12-25-23(31-17)14-6-2-1-3-7-14/h4-13,15-22,25-26H,14,23-24H2,1-3H3,(H,42,44,45);1-4,6-9,12-13,28H,5,10-11H2,(H,26,29,30). The molecule has 17 heteroatoms. The molecule has 3 N–H and O–H groups in total. The van der Waals surface area contributed by atoms with Crippen LogP contribution in [0.2, 0.25) is 5.04 Å². The van der Waals surface area contributed by atoms with Crippen LogP contribution in [0.5, 0.6) is 0 Å². The summed E-state index contributed by atoms with van der Waals surface area (Å²) in [7, 11) is -2.68.